The fraction of sp³-hybridized carbons (Fsp3) is 0. The van der Waals surface area contributed by atoms with E-state index in [-0.39, 0.29) is 0 Å². The maximum atomic E-state index is 5.68. The number of halogens is 2. The van der Waals surface area contributed by atoms with Crippen LogP contribution in [0.5, 0.6) is 0 Å². The number of aromatic nitrogens is 3. The third kappa shape index (κ3) is 1.46. The topological polar surface area (TPSA) is 30.7 Å². The van der Waals surface area contributed by atoms with Gasteiger partial charge in [0.25, 0.3) is 0 Å². The second-order valence-electron chi connectivity index (χ2n) is 2.06. The molecule has 0 amide bonds. The van der Waals surface area contributed by atoms with Gasteiger partial charge in [0.05, 0.1) is 17.4 Å². The quantitative estimate of drug-likeness (QED) is 0.739. The van der Waals surface area contributed by atoms with Crippen LogP contribution < -0.4 is 0 Å². The first kappa shape index (κ1) is 8.04. The van der Waals surface area contributed by atoms with Gasteiger partial charge in [0.15, 0.2) is 0 Å². The molecule has 0 unspecified atom stereocenters. The van der Waals surface area contributed by atoms with E-state index in [1.54, 1.807) is 22.5 Å². The van der Waals surface area contributed by atoms with E-state index in [0.717, 1.165) is 0 Å². The van der Waals surface area contributed by atoms with E-state index in [9.17, 15) is 0 Å². The highest BCUT2D eigenvalue weighted by atomic mass is 35.5. The Kier molecular flexibility index (Phi) is 2.04. The van der Waals surface area contributed by atoms with Gasteiger partial charge in [-0.1, -0.05) is 23.2 Å². The molecule has 0 aliphatic rings. The van der Waals surface area contributed by atoms with Crippen molar-refractivity contribution in [1.82, 2.24) is 14.8 Å². The molecular formula is C6H3Cl2N3S. The zero-order valence-electron chi connectivity index (χ0n) is 5.74. The van der Waals surface area contributed by atoms with Gasteiger partial charge < -0.3 is 0 Å². The van der Waals surface area contributed by atoms with E-state index < -0.39 is 0 Å². The molecule has 2 aromatic heterocycles. The third-order valence-electron chi connectivity index (χ3n) is 1.21. The Balaban J connectivity index is 2.43. The molecule has 0 radical (unpaired) electrons. The van der Waals surface area contributed by atoms with Crippen molar-refractivity contribution in [2.45, 2.75) is 0 Å². The molecule has 12 heavy (non-hydrogen) atoms. The Morgan fingerprint density at radius 3 is 2.75 bits per heavy atom. The molecule has 0 aromatic carbocycles. The first-order valence-corrected chi connectivity index (χ1v) is 4.71. The predicted octanol–water partition coefficient (Wildman–Crippen LogP) is 2.64. The van der Waals surface area contributed by atoms with E-state index in [1.165, 1.54) is 11.3 Å². The molecule has 6 heteroatoms. The van der Waals surface area contributed by atoms with Crippen molar-refractivity contribution in [3.63, 3.8) is 0 Å². The summed E-state index contributed by atoms with van der Waals surface area (Å²) in [6, 6.07) is 0. The van der Waals surface area contributed by atoms with Crippen LogP contribution in [0.1, 0.15) is 0 Å². The van der Waals surface area contributed by atoms with Crippen LogP contribution in [0.15, 0.2) is 17.8 Å². The molecule has 0 fully saturated rings. The molecule has 0 saturated heterocycles. The van der Waals surface area contributed by atoms with Crippen LogP contribution in [-0.4, -0.2) is 14.8 Å². The lowest BCUT2D eigenvalue weighted by Crippen LogP contribution is -1.91. The fourth-order valence-electron chi connectivity index (χ4n) is 0.756. The third-order valence-corrected chi connectivity index (χ3v) is 2.56. The molecule has 0 aliphatic carbocycles. The summed E-state index contributed by atoms with van der Waals surface area (Å²) in [5.41, 5.74) is 0. The zero-order valence-corrected chi connectivity index (χ0v) is 8.07. The van der Waals surface area contributed by atoms with Gasteiger partial charge in [-0.15, -0.1) is 11.3 Å². The molecule has 0 aliphatic heterocycles. The van der Waals surface area contributed by atoms with Gasteiger partial charge in [-0.3, -0.25) is 0 Å². The van der Waals surface area contributed by atoms with Crippen molar-refractivity contribution in [1.29, 1.82) is 0 Å². The van der Waals surface area contributed by atoms with Gasteiger partial charge in [-0.05, 0) is 0 Å². The molecule has 2 rings (SSSR count). The lowest BCUT2D eigenvalue weighted by atomic mass is 10.7. The summed E-state index contributed by atoms with van der Waals surface area (Å²) in [5, 5.41) is 7.49. The highest BCUT2D eigenvalue weighted by molar-refractivity contribution is 7.12. The van der Waals surface area contributed by atoms with Crippen LogP contribution in [0, 0.1) is 0 Å². The predicted molar refractivity (Wildman–Crippen MR) is 49.3 cm³/mol. The Labute approximate surface area is 82.6 Å². The summed E-state index contributed by atoms with van der Waals surface area (Å²) in [7, 11) is 0. The number of rotatable bonds is 1. The second kappa shape index (κ2) is 3.05. The number of thiazole rings is 1. The number of hydrogen-bond donors (Lipinski definition) is 0. The smallest absolute Gasteiger partial charge is 0.211 e. The Morgan fingerprint density at radius 2 is 2.25 bits per heavy atom. The molecule has 3 nitrogen and oxygen atoms in total. The van der Waals surface area contributed by atoms with Gasteiger partial charge in [-0.2, -0.15) is 5.10 Å². The molecule has 0 atom stereocenters. The normalized spacial score (nSPS) is 10.5. The summed E-state index contributed by atoms with van der Waals surface area (Å²) in [6.07, 6.45) is 3.23. The average Bonchev–Trinajstić information content (AvgIpc) is 2.58. The van der Waals surface area contributed by atoms with Crippen molar-refractivity contribution < 1.29 is 0 Å². The van der Waals surface area contributed by atoms with Crippen LogP contribution in [-0.2, 0) is 0 Å². The van der Waals surface area contributed by atoms with Crippen molar-refractivity contribution in [3.8, 4) is 5.13 Å². The summed E-state index contributed by atoms with van der Waals surface area (Å²) in [5.74, 6) is 0. The lowest BCUT2D eigenvalue weighted by molar-refractivity contribution is 0.870. The summed E-state index contributed by atoms with van der Waals surface area (Å²) in [6.45, 7) is 0. The minimum atomic E-state index is 0.474. The van der Waals surface area contributed by atoms with Crippen LogP contribution >= 0.6 is 34.5 Å². The molecular weight excluding hydrogens is 217 g/mol. The fourth-order valence-corrected chi connectivity index (χ4v) is 1.77. The Bertz CT molecular complexity index is 357. The van der Waals surface area contributed by atoms with E-state index in [1.807, 2.05) is 0 Å². The molecule has 0 N–H and O–H groups in total. The minimum absolute atomic E-state index is 0.474. The zero-order chi connectivity index (χ0) is 8.55. The first-order chi connectivity index (χ1) is 5.75. The van der Waals surface area contributed by atoms with Gasteiger partial charge in [0.2, 0.25) is 5.13 Å². The standard InChI is InChI=1S/C6H3Cl2N3S/c7-4-1-9-11(2-4)6-10-5(8)3-12-6/h1-3H. The van der Waals surface area contributed by atoms with E-state index >= 15 is 0 Å². The van der Waals surface area contributed by atoms with Gasteiger partial charge in [-0.25, -0.2) is 9.67 Å². The van der Waals surface area contributed by atoms with Crippen LogP contribution in [0.4, 0.5) is 0 Å². The molecule has 0 saturated carbocycles. The molecule has 0 spiro atoms. The van der Waals surface area contributed by atoms with Crippen molar-refractivity contribution in [3.05, 3.63) is 27.9 Å². The van der Waals surface area contributed by atoms with Crippen LogP contribution in [0.2, 0.25) is 10.2 Å². The molecule has 0 bridgehead atoms. The lowest BCUT2D eigenvalue weighted by Gasteiger charge is -1.90. The molecule has 62 valence electrons. The van der Waals surface area contributed by atoms with Gasteiger partial charge in [0, 0.05) is 5.38 Å². The van der Waals surface area contributed by atoms with Crippen LogP contribution in [0.3, 0.4) is 0 Å². The first-order valence-electron chi connectivity index (χ1n) is 3.07. The monoisotopic (exact) mass is 219 g/mol. The molecule has 2 aromatic rings. The van der Waals surface area contributed by atoms with Gasteiger partial charge >= 0.3 is 0 Å². The average molecular weight is 220 g/mol. The summed E-state index contributed by atoms with van der Waals surface area (Å²) >= 11 is 12.7. The number of nitrogens with zero attached hydrogens (tertiary/aromatic N) is 3. The highest BCUT2D eigenvalue weighted by Crippen LogP contribution is 2.18. The maximum Gasteiger partial charge on any atom is 0.211 e. The van der Waals surface area contributed by atoms with E-state index in [4.69, 9.17) is 23.2 Å². The van der Waals surface area contributed by atoms with Gasteiger partial charge in [0.1, 0.15) is 5.15 Å². The van der Waals surface area contributed by atoms with Crippen LogP contribution in [0.25, 0.3) is 5.13 Å². The minimum Gasteiger partial charge on any atom is -0.212 e. The number of hydrogen-bond acceptors (Lipinski definition) is 3. The summed E-state index contributed by atoms with van der Waals surface area (Å²) < 4.78 is 1.58. The van der Waals surface area contributed by atoms with Crippen molar-refractivity contribution in [2.75, 3.05) is 0 Å². The molecule has 2 heterocycles. The Morgan fingerprint density at radius 1 is 1.42 bits per heavy atom. The van der Waals surface area contributed by atoms with Crippen molar-refractivity contribution >= 4 is 34.5 Å². The maximum absolute atomic E-state index is 5.68. The van der Waals surface area contributed by atoms with Crippen molar-refractivity contribution in [2.24, 2.45) is 0 Å². The van der Waals surface area contributed by atoms with E-state index in [2.05, 4.69) is 10.1 Å². The van der Waals surface area contributed by atoms with E-state index in [0.29, 0.717) is 15.3 Å². The summed E-state index contributed by atoms with van der Waals surface area (Å²) in [4.78, 5) is 4.02. The largest absolute Gasteiger partial charge is 0.212 e. The second-order valence-corrected chi connectivity index (χ2v) is 3.72. The Hall–Kier alpha value is -0.580. The SMILES string of the molecule is Clc1cnn(-c2nc(Cl)cs2)c1. The highest BCUT2D eigenvalue weighted by Gasteiger charge is 2.02.